The fourth-order valence-electron chi connectivity index (χ4n) is 2.07. The third-order valence-corrected chi connectivity index (χ3v) is 3.25. The Bertz CT molecular complexity index is 461. The van der Waals surface area contributed by atoms with E-state index in [1.165, 1.54) is 12.8 Å². The number of nitro groups is 1. The molecule has 0 amide bonds. The van der Waals surface area contributed by atoms with E-state index in [9.17, 15) is 15.2 Å². The summed E-state index contributed by atoms with van der Waals surface area (Å²) in [6.45, 7) is 1.61. The lowest BCUT2D eigenvalue weighted by atomic mass is 9.98. The highest BCUT2D eigenvalue weighted by atomic mass is 35.5. The summed E-state index contributed by atoms with van der Waals surface area (Å²) in [7, 11) is 0. The normalized spacial score (nSPS) is 15.9. The van der Waals surface area contributed by atoms with E-state index < -0.39 is 4.92 Å². The molecule has 5 nitrogen and oxygen atoms in total. The molecule has 0 bridgehead atoms. The average Bonchev–Trinajstić information content (AvgIpc) is 3.00. The lowest BCUT2D eigenvalue weighted by Crippen LogP contribution is -2.12. The Balaban J connectivity index is 0.00000162. The minimum absolute atomic E-state index is 0. The summed E-state index contributed by atoms with van der Waals surface area (Å²) >= 11 is 0. The number of halogens is 1. The number of hydrogen-bond acceptors (Lipinski definition) is 4. The van der Waals surface area contributed by atoms with Crippen LogP contribution in [0.3, 0.4) is 0 Å². The van der Waals surface area contributed by atoms with Crippen LogP contribution < -0.4 is 5.73 Å². The first-order chi connectivity index (χ1) is 8.00. The standard InChI is InChI=1S/C12H16N2O3.ClH/c1-7-2-5-9(10(13)6-8-3-4-8)12(15)11(7)14(16)17;/h2,5,8,10,15H,3-4,6,13H2,1H3;1H/t10-;/m0./s1. The molecule has 1 fully saturated rings. The zero-order valence-electron chi connectivity index (χ0n) is 10.1. The topological polar surface area (TPSA) is 89.4 Å². The second kappa shape index (κ2) is 5.54. The number of phenols is 1. The number of hydrogen-bond donors (Lipinski definition) is 2. The van der Waals surface area contributed by atoms with Gasteiger partial charge in [0.15, 0.2) is 5.75 Å². The van der Waals surface area contributed by atoms with Crippen molar-refractivity contribution in [2.24, 2.45) is 11.7 Å². The number of nitrogens with two attached hydrogens (primary N) is 1. The van der Waals surface area contributed by atoms with Crippen molar-refractivity contribution in [3.05, 3.63) is 33.4 Å². The van der Waals surface area contributed by atoms with Crippen molar-refractivity contribution in [1.82, 2.24) is 0 Å². The maximum Gasteiger partial charge on any atom is 0.313 e. The second-order valence-electron chi connectivity index (χ2n) is 4.71. The van der Waals surface area contributed by atoms with Gasteiger partial charge in [-0.25, -0.2) is 0 Å². The number of benzene rings is 1. The van der Waals surface area contributed by atoms with E-state index in [-0.39, 0.29) is 29.9 Å². The molecular formula is C12H17ClN2O3. The van der Waals surface area contributed by atoms with Gasteiger partial charge in [0.2, 0.25) is 0 Å². The second-order valence-corrected chi connectivity index (χ2v) is 4.71. The van der Waals surface area contributed by atoms with Gasteiger partial charge in [-0.2, -0.15) is 0 Å². The summed E-state index contributed by atoms with van der Waals surface area (Å²) in [5, 5.41) is 20.8. The van der Waals surface area contributed by atoms with Crippen LogP contribution in [0.15, 0.2) is 12.1 Å². The van der Waals surface area contributed by atoms with E-state index in [4.69, 9.17) is 5.73 Å². The predicted octanol–water partition coefficient (Wildman–Crippen LogP) is 2.83. The van der Waals surface area contributed by atoms with Crippen molar-refractivity contribution in [2.75, 3.05) is 0 Å². The molecule has 0 aliphatic heterocycles. The molecule has 100 valence electrons. The van der Waals surface area contributed by atoms with Crippen LogP contribution in [0, 0.1) is 23.0 Å². The molecule has 1 aliphatic carbocycles. The molecule has 0 unspecified atom stereocenters. The molecule has 1 aromatic carbocycles. The Morgan fingerprint density at radius 3 is 2.67 bits per heavy atom. The highest BCUT2D eigenvalue weighted by Gasteiger charge is 2.28. The molecule has 2 rings (SSSR count). The molecule has 18 heavy (non-hydrogen) atoms. The van der Waals surface area contributed by atoms with Crippen LogP contribution >= 0.6 is 12.4 Å². The van der Waals surface area contributed by atoms with Crippen molar-refractivity contribution < 1.29 is 10.0 Å². The molecule has 6 heteroatoms. The van der Waals surface area contributed by atoms with E-state index >= 15 is 0 Å². The van der Waals surface area contributed by atoms with Gasteiger partial charge in [0.25, 0.3) is 0 Å². The van der Waals surface area contributed by atoms with Crippen LogP contribution in [0.4, 0.5) is 5.69 Å². The minimum Gasteiger partial charge on any atom is -0.502 e. The lowest BCUT2D eigenvalue weighted by Gasteiger charge is -2.13. The Labute approximate surface area is 112 Å². The van der Waals surface area contributed by atoms with E-state index in [0.29, 0.717) is 17.0 Å². The summed E-state index contributed by atoms with van der Waals surface area (Å²) in [5.41, 5.74) is 6.68. The predicted molar refractivity (Wildman–Crippen MR) is 71.0 cm³/mol. The van der Waals surface area contributed by atoms with Crippen molar-refractivity contribution in [2.45, 2.75) is 32.2 Å². The minimum atomic E-state index is -0.558. The maximum absolute atomic E-state index is 10.9. The number of rotatable bonds is 4. The lowest BCUT2D eigenvalue weighted by molar-refractivity contribution is -0.386. The molecule has 1 saturated carbocycles. The van der Waals surface area contributed by atoms with Crippen LogP contribution in [0.25, 0.3) is 0 Å². The Morgan fingerprint density at radius 1 is 1.56 bits per heavy atom. The van der Waals surface area contributed by atoms with Crippen LogP contribution in [-0.4, -0.2) is 10.0 Å². The zero-order chi connectivity index (χ0) is 12.6. The summed E-state index contributed by atoms with van der Waals surface area (Å²) in [6, 6.07) is 3.01. The summed E-state index contributed by atoms with van der Waals surface area (Å²) in [4.78, 5) is 10.3. The van der Waals surface area contributed by atoms with Crippen LogP contribution in [-0.2, 0) is 0 Å². The van der Waals surface area contributed by atoms with Gasteiger partial charge in [0, 0.05) is 17.2 Å². The fourth-order valence-corrected chi connectivity index (χ4v) is 2.07. The van der Waals surface area contributed by atoms with Gasteiger partial charge in [-0.15, -0.1) is 12.4 Å². The Hall–Kier alpha value is -1.33. The average molecular weight is 273 g/mol. The van der Waals surface area contributed by atoms with Crippen molar-refractivity contribution in [3.8, 4) is 5.75 Å². The fraction of sp³-hybridized carbons (Fsp3) is 0.500. The van der Waals surface area contributed by atoms with Crippen LogP contribution in [0.1, 0.15) is 36.4 Å². The largest absolute Gasteiger partial charge is 0.502 e. The molecule has 0 saturated heterocycles. The van der Waals surface area contributed by atoms with Crippen LogP contribution in [0.5, 0.6) is 5.75 Å². The highest BCUT2D eigenvalue weighted by Crippen LogP contribution is 2.41. The highest BCUT2D eigenvalue weighted by molar-refractivity contribution is 5.85. The SMILES string of the molecule is Cc1ccc([C@@H](N)CC2CC2)c(O)c1[N+](=O)[O-].Cl. The molecule has 0 heterocycles. The van der Waals surface area contributed by atoms with E-state index in [2.05, 4.69) is 0 Å². The molecule has 1 aliphatic rings. The molecule has 1 atom stereocenters. The van der Waals surface area contributed by atoms with Gasteiger partial charge in [0.05, 0.1) is 4.92 Å². The summed E-state index contributed by atoms with van der Waals surface area (Å²) in [5.74, 6) is 0.341. The molecular weight excluding hydrogens is 256 g/mol. The third kappa shape index (κ3) is 2.91. The number of nitrogens with zero attached hydrogens (tertiary/aromatic N) is 1. The van der Waals surface area contributed by atoms with E-state index in [1.54, 1.807) is 19.1 Å². The molecule has 0 aromatic heterocycles. The number of nitro benzene ring substituents is 1. The van der Waals surface area contributed by atoms with Gasteiger partial charge in [-0.1, -0.05) is 25.0 Å². The van der Waals surface area contributed by atoms with Crippen molar-refractivity contribution >= 4 is 18.1 Å². The van der Waals surface area contributed by atoms with Gasteiger partial charge >= 0.3 is 5.69 Å². The number of aromatic hydroxyl groups is 1. The summed E-state index contributed by atoms with van der Waals surface area (Å²) in [6.07, 6.45) is 3.12. The number of phenolic OH excluding ortho intramolecular Hbond substituents is 1. The van der Waals surface area contributed by atoms with Crippen molar-refractivity contribution in [1.29, 1.82) is 0 Å². The first-order valence-electron chi connectivity index (χ1n) is 5.73. The molecule has 1 aromatic rings. The van der Waals surface area contributed by atoms with Gasteiger partial charge in [0.1, 0.15) is 0 Å². The monoisotopic (exact) mass is 272 g/mol. The molecule has 0 spiro atoms. The Kier molecular flexibility index (Phi) is 4.53. The quantitative estimate of drug-likeness (QED) is 0.651. The molecule has 3 N–H and O–H groups in total. The Morgan fingerprint density at radius 2 is 2.17 bits per heavy atom. The number of aryl methyl sites for hydroxylation is 1. The summed E-state index contributed by atoms with van der Waals surface area (Å²) < 4.78 is 0. The third-order valence-electron chi connectivity index (χ3n) is 3.25. The van der Waals surface area contributed by atoms with Gasteiger partial charge < -0.3 is 10.8 Å². The first-order valence-corrected chi connectivity index (χ1v) is 5.73. The van der Waals surface area contributed by atoms with Gasteiger partial charge in [-0.3, -0.25) is 10.1 Å². The van der Waals surface area contributed by atoms with E-state index in [1.807, 2.05) is 0 Å². The molecule has 0 radical (unpaired) electrons. The van der Waals surface area contributed by atoms with Crippen LogP contribution in [0.2, 0.25) is 0 Å². The van der Waals surface area contributed by atoms with Crippen molar-refractivity contribution in [3.63, 3.8) is 0 Å². The van der Waals surface area contributed by atoms with Gasteiger partial charge in [-0.05, 0) is 19.3 Å². The first kappa shape index (κ1) is 14.7. The maximum atomic E-state index is 10.9. The zero-order valence-corrected chi connectivity index (χ0v) is 10.9. The van der Waals surface area contributed by atoms with E-state index in [0.717, 1.165) is 6.42 Å². The smallest absolute Gasteiger partial charge is 0.313 e.